The molecule has 2 rings (SSSR count). The summed E-state index contributed by atoms with van der Waals surface area (Å²) in [6, 6.07) is 3.32. The number of piperazine rings is 1. The number of amides is 1. The summed E-state index contributed by atoms with van der Waals surface area (Å²) >= 11 is 5.76. The maximum Gasteiger partial charge on any atom is 0.272 e. The smallest absolute Gasteiger partial charge is 0.272 e. The van der Waals surface area contributed by atoms with Gasteiger partial charge in [-0.1, -0.05) is 11.6 Å². The summed E-state index contributed by atoms with van der Waals surface area (Å²) in [5, 5.41) is 10.3. The number of hydrogen-bond donors (Lipinski definition) is 1. The van der Waals surface area contributed by atoms with Crippen molar-refractivity contribution in [3.05, 3.63) is 29.0 Å². The van der Waals surface area contributed by atoms with Crippen molar-refractivity contribution in [2.24, 2.45) is 0 Å². The minimum atomic E-state index is -0.704. The Morgan fingerprint density at radius 3 is 2.50 bits per heavy atom. The van der Waals surface area contributed by atoms with Crippen LogP contribution >= 0.6 is 11.6 Å². The number of pyridine rings is 1. The van der Waals surface area contributed by atoms with Gasteiger partial charge in [-0.2, -0.15) is 0 Å². The molecule has 0 radical (unpaired) electrons. The standard InChI is InChI=1S/C14H20ClN3O2/c1-14(2,20)10-17-5-7-18(8-6-17)13(19)12-4-3-11(15)9-16-12/h3-4,9,20H,5-8,10H2,1-2H3. The monoisotopic (exact) mass is 297 g/mol. The molecule has 1 aromatic heterocycles. The second-order valence-electron chi connectivity index (χ2n) is 5.74. The molecule has 0 unspecified atom stereocenters. The largest absolute Gasteiger partial charge is 0.389 e. The lowest BCUT2D eigenvalue weighted by Crippen LogP contribution is -2.52. The van der Waals surface area contributed by atoms with E-state index in [1.807, 2.05) is 0 Å². The Bertz CT molecular complexity index is 462. The molecule has 1 aromatic rings. The van der Waals surface area contributed by atoms with Gasteiger partial charge < -0.3 is 10.0 Å². The molecule has 1 saturated heterocycles. The molecule has 2 heterocycles. The van der Waals surface area contributed by atoms with E-state index in [-0.39, 0.29) is 5.91 Å². The lowest BCUT2D eigenvalue weighted by atomic mass is 10.1. The molecule has 0 bridgehead atoms. The summed E-state index contributed by atoms with van der Waals surface area (Å²) in [5.41, 5.74) is -0.283. The number of aliphatic hydroxyl groups is 1. The molecule has 0 aromatic carbocycles. The van der Waals surface area contributed by atoms with Gasteiger partial charge in [-0.15, -0.1) is 0 Å². The Labute approximate surface area is 124 Å². The Morgan fingerprint density at radius 1 is 1.35 bits per heavy atom. The lowest BCUT2D eigenvalue weighted by molar-refractivity contribution is 0.0177. The van der Waals surface area contributed by atoms with Crippen LogP contribution in [0.15, 0.2) is 18.3 Å². The summed E-state index contributed by atoms with van der Waals surface area (Å²) in [4.78, 5) is 20.3. The van der Waals surface area contributed by atoms with Crippen molar-refractivity contribution >= 4 is 17.5 Å². The normalized spacial score (nSPS) is 17.3. The van der Waals surface area contributed by atoms with Crippen molar-refractivity contribution in [2.75, 3.05) is 32.7 Å². The number of carbonyl (C=O) groups is 1. The number of nitrogens with zero attached hydrogens (tertiary/aromatic N) is 3. The minimum Gasteiger partial charge on any atom is -0.389 e. The van der Waals surface area contributed by atoms with Gasteiger partial charge in [-0.3, -0.25) is 9.69 Å². The molecule has 1 N–H and O–H groups in total. The van der Waals surface area contributed by atoms with Crippen LogP contribution in [0.3, 0.4) is 0 Å². The van der Waals surface area contributed by atoms with Gasteiger partial charge in [0.15, 0.2) is 0 Å². The Morgan fingerprint density at radius 2 is 2.00 bits per heavy atom. The van der Waals surface area contributed by atoms with Crippen molar-refractivity contribution in [1.29, 1.82) is 0 Å². The van der Waals surface area contributed by atoms with E-state index in [0.717, 1.165) is 13.1 Å². The molecule has 6 heteroatoms. The van der Waals surface area contributed by atoms with Crippen molar-refractivity contribution < 1.29 is 9.90 Å². The molecule has 1 amide bonds. The number of hydrogen-bond acceptors (Lipinski definition) is 4. The van der Waals surface area contributed by atoms with Gasteiger partial charge >= 0.3 is 0 Å². The van der Waals surface area contributed by atoms with Gasteiger partial charge in [0.2, 0.25) is 0 Å². The second kappa shape index (κ2) is 6.08. The predicted octanol–water partition coefficient (Wildman–Crippen LogP) is 1.26. The van der Waals surface area contributed by atoms with Crippen molar-refractivity contribution in [3.63, 3.8) is 0 Å². The van der Waals surface area contributed by atoms with Crippen LogP contribution in [0.1, 0.15) is 24.3 Å². The highest BCUT2D eigenvalue weighted by Crippen LogP contribution is 2.12. The zero-order chi connectivity index (χ0) is 14.8. The van der Waals surface area contributed by atoms with E-state index < -0.39 is 5.60 Å². The first-order valence-corrected chi connectivity index (χ1v) is 7.08. The zero-order valence-electron chi connectivity index (χ0n) is 11.8. The fraction of sp³-hybridized carbons (Fsp3) is 0.571. The van der Waals surface area contributed by atoms with E-state index in [2.05, 4.69) is 9.88 Å². The quantitative estimate of drug-likeness (QED) is 0.913. The third-order valence-corrected chi connectivity index (χ3v) is 3.44. The number of carbonyl (C=O) groups excluding carboxylic acids is 1. The van der Waals surface area contributed by atoms with E-state index >= 15 is 0 Å². The van der Waals surface area contributed by atoms with Crippen LogP contribution in [-0.2, 0) is 0 Å². The van der Waals surface area contributed by atoms with Gasteiger partial charge in [0.1, 0.15) is 5.69 Å². The van der Waals surface area contributed by atoms with Crippen LogP contribution in [0, 0.1) is 0 Å². The van der Waals surface area contributed by atoms with E-state index in [1.54, 1.807) is 30.9 Å². The number of β-amino-alcohol motifs (C(OH)–C–C–N with tert-alkyl or cyclic N) is 1. The first-order chi connectivity index (χ1) is 9.35. The highest BCUT2D eigenvalue weighted by atomic mass is 35.5. The van der Waals surface area contributed by atoms with Crippen LogP contribution in [0.25, 0.3) is 0 Å². The predicted molar refractivity (Wildman–Crippen MR) is 77.9 cm³/mol. The maximum absolute atomic E-state index is 12.3. The summed E-state index contributed by atoms with van der Waals surface area (Å²) in [5.74, 6) is -0.0652. The van der Waals surface area contributed by atoms with E-state index in [0.29, 0.717) is 30.4 Å². The van der Waals surface area contributed by atoms with Crippen LogP contribution in [0.5, 0.6) is 0 Å². The maximum atomic E-state index is 12.3. The molecule has 1 fully saturated rings. The molecule has 0 saturated carbocycles. The Balaban J connectivity index is 1.90. The number of rotatable bonds is 3. The molecule has 5 nitrogen and oxygen atoms in total. The second-order valence-corrected chi connectivity index (χ2v) is 6.18. The molecule has 110 valence electrons. The molecule has 1 aliphatic rings. The highest BCUT2D eigenvalue weighted by molar-refractivity contribution is 6.30. The van der Waals surface area contributed by atoms with Gasteiger partial charge in [0.05, 0.1) is 10.6 Å². The molecule has 0 atom stereocenters. The average Bonchev–Trinajstić information content (AvgIpc) is 2.38. The highest BCUT2D eigenvalue weighted by Gasteiger charge is 2.25. The first-order valence-electron chi connectivity index (χ1n) is 6.71. The fourth-order valence-corrected chi connectivity index (χ4v) is 2.43. The SMILES string of the molecule is CC(C)(O)CN1CCN(C(=O)c2ccc(Cl)cn2)CC1. The summed E-state index contributed by atoms with van der Waals surface area (Å²) < 4.78 is 0. The molecular weight excluding hydrogens is 278 g/mol. The van der Waals surface area contributed by atoms with Crippen molar-refractivity contribution in [3.8, 4) is 0 Å². The van der Waals surface area contributed by atoms with Crippen molar-refractivity contribution in [1.82, 2.24) is 14.8 Å². The van der Waals surface area contributed by atoms with Gasteiger partial charge in [0, 0.05) is 38.9 Å². The van der Waals surface area contributed by atoms with Crippen LogP contribution in [-0.4, -0.2) is 64.1 Å². The third-order valence-electron chi connectivity index (χ3n) is 3.22. The molecule has 1 aliphatic heterocycles. The Hall–Kier alpha value is -1.17. The zero-order valence-corrected chi connectivity index (χ0v) is 12.6. The van der Waals surface area contributed by atoms with Crippen LogP contribution < -0.4 is 0 Å². The minimum absolute atomic E-state index is 0.0652. The summed E-state index contributed by atoms with van der Waals surface area (Å²) in [6.45, 7) is 7.05. The van der Waals surface area contributed by atoms with E-state index in [1.165, 1.54) is 6.20 Å². The summed E-state index contributed by atoms with van der Waals surface area (Å²) in [7, 11) is 0. The van der Waals surface area contributed by atoms with Gasteiger partial charge in [-0.25, -0.2) is 4.98 Å². The number of aromatic nitrogens is 1. The van der Waals surface area contributed by atoms with Gasteiger partial charge in [-0.05, 0) is 26.0 Å². The lowest BCUT2D eigenvalue weighted by Gasteiger charge is -2.37. The molecular formula is C14H20ClN3O2. The molecule has 0 aliphatic carbocycles. The Kier molecular flexibility index (Phi) is 4.62. The summed E-state index contributed by atoms with van der Waals surface area (Å²) in [6.07, 6.45) is 1.49. The topological polar surface area (TPSA) is 56.7 Å². The van der Waals surface area contributed by atoms with Crippen LogP contribution in [0.4, 0.5) is 0 Å². The average molecular weight is 298 g/mol. The van der Waals surface area contributed by atoms with Gasteiger partial charge in [0.25, 0.3) is 5.91 Å². The van der Waals surface area contributed by atoms with Crippen LogP contribution in [0.2, 0.25) is 5.02 Å². The third kappa shape index (κ3) is 4.16. The molecule has 0 spiro atoms. The fourth-order valence-electron chi connectivity index (χ4n) is 2.32. The molecule has 20 heavy (non-hydrogen) atoms. The van der Waals surface area contributed by atoms with E-state index in [9.17, 15) is 9.90 Å². The first kappa shape index (κ1) is 15.2. The van der Waals surface area contributed by atoms with Crippen molar-refractivity contribution in [2.45, 2.75) is 19.4 Å². The van der Waals surface area contributed by atoms with E-state index in [4.69, 9.17) is 11.6 Å². The number of halogens is 1.